The van der Waals surface area contributed by atoms with E-state index < -0.39 is 0 Å². The fraction of sp³-hybridized carbons (Fsp3) is 0.750. The molecular weight excluding hydrogens is 351 g/mol. The number of carbonyl (C=O) groups excluding carboxylic acids is 1. The molecule has 2 aliphatic rings. The van der Waals surface area contributed by atoms with Crippen LogP contribution < -0.4 is 5.73 Å². The highest BCUT2D eigenvalue weighted by molar-refractivity contribution is 5.85. The normalized spacial score (nSPS) is 24.8. The van der Waals surface area contributed by atoms with E-state index in [4.69, 9.17) is 10.3 Å². The van der Waals surface area contributed by atoms with Crippen molar-refractivity contribution < 1.29 is 9.32 Å². The summed E-state index contributed by atoms with van der Waals surface area (Å²) in [6, 6.07) is 2.18. The van der Waals surface area contributed by atoms with Crippen molar-refractivity contribution in [2.24, 2.45) is 11.7 Å². The van der Waals surface area contributed by atoms with E-state index >= 15 is 0 Å². The van der Waals surface area contributed by atoms with E-state index in [2.05, 4.69) is 10.1 Å². The second-order valence-corrected chi connectivity index (χ2v) is 6.66. The molecule has 0 spiro atoms. The summed E-state index contributed by atoms with van der Waals surface area (Å²) in [6.07, 6.45) is 4.01. The van der Waals surface area contributed by atoms with Gasteiger partial charge in [-0.05, 0) is 26.2 Å². The lowest BCUT2D eigenvalue weighted by molar-refractivity contribution is -0.138. The topological polar surface area (TPSA) is 75.6 Å². The number of nitrogens with two attached hydrogens (primary N) is 1. The number of rotatable bonds is 3. The van der Waals surface area contributed by atoms with Crippen molar-refractivity contribution >= 4 is 30.7 Å². The predicted molar refractivity (Wildman–Crippen MR) is 97.5 cm³/mol. The van der Waals surface area contributed by atoms with E-state index in [-0.39, 0.29) is 36.8 Å². The van der Waals surface area contributed by atoms with Crippen LogP contribution in [0.15, 0.2) is 10.6 Å². The molecule has 2 fully saturated rings. The number of halogens is 2. The highest BCUT2D eigenvalue weighted by Crippen LogP contribution is 2.25. The molecule has 1 saturated heterocycles. The molecule has 2 unspecified atom stereocenters. The summed E-state index contributed by atoms with van der Waals surface area (Å²) in [7, 11) is 0. The maximum Gasteiger partial charge on any atom is 0.225 e. The van der Waals surface area contributed by atoms with Gasteiger partial charge in [-0.1, -0.05) is 11.6 Å². The SMILES string of the molecule is Cc1cc(CN2CCN(C(=O)C3CCCC(N)C3)CC2)on1.Cl.Cl. The van der Waals surface area contributed by atoms with Gasteiger partial charge in [0, 0.05) is 44.2 Å². The van der Waals surface area contributed by atoms with Crippen molar-refractivity contribution in [1.82, 2.24) is 15.0 Å². The molecule has 3 rings (SSSR count). The predicted octanol–water partition coefficient (Wildman–Crippen LogP) is 1.99. The fourth-order valence-electron chi connectivity index (χ4n) is 3.55. The molecule has 2 heterocycles. The molecule has 0 aromatic carbocycles. The Morgan fingerprint density at radius 1 is 1.29 bits per heavy atom. The van der Waals surface area contributed by atoms with Crippen LogP contribution in [0.3, 0.4) is 0 Å². The number of carbonyl (C=O) groups is 1. The summed E-state index contributed by atoms with van der Waals surface area (Å²) >= 11 is 0. The number of amides is 1. The molecule has 1 aromatic rings. The van der Waals surface area contributed by atoms with Gasteiger partial charge in [-0.3, -0.25) is 9.69 Å². The summed E-state index contributed by atoms with van der Waals surface area (Å²) < 4.78 is 5.26. The van der Waals surface area contributed by atoms with Gasteiger partial charge in [0.25, 0.3) is 0 Å². The van der Waals surface area contributed by atoms with Crippen LogP contribution in [0.5, 0.6) is 0 Å². The third-order valence-corrected chi connectivity index (χ3v) is 4.80. The Balaban J connectivity index is 0.00000144. The van der Waals surface area contributed by atoms with Gasteiger partial charge in [0.05, 0.1) is 12.2 Å². The van der Waals surface area contributed by atoms with Crippen LogP contribution in [-0.2, 0) is 11.3 Å². The molecule has 2 atom stereocenters. The van der Waals surface area contributed by atoms with E-state index in [1.54, 1.807) is 0 Å². The van der Waals surface area contributed by atoms with Gasteiger partial charge in [0.15, 0.2) is 5.76 Å². The Kier molecular flexibility index (Phi) is 8.50. The summed E-state index contributed by atoms with van der Waals surface area (Å²) in [5, 5.41) is 3.92. The van der Waals surface area contributed by atoms with Crippen LogP contribution in [0, 0.1) is 12.8 Å². The first kappa shape index (κ1) is 21.2. The standard InChI is InChI=1S/C16H26N4O2.2ClH/c1-12-9-15(22-18-12)11-19-5-7-20(8-6-19)16(21)13-3-2-4-14(17)10-13;;/h9,13-14H,2-8,10-11,17H2,1H3;2*1H. The molecule has 1 saturated carbocycles. The second-order valence-electron chi connectivity index (χ2n) is 6.66. The smallest absolute Gasteiger partial charge is 0.225 e. The van der Waals surface area contributed by atoms with Gasteiger partial charge >= 0.3 is 0 Å². The summed E-state index contributed by atoms with van der Waals surface area (Å²) in [4.78, 5) is 16.9. The number of aryl methyl sites for hydroxylation is 1. The van der Waals surface area contributed by atoms with Crippen molar-refractivity contribution in [2.45, 2.75) is 45.2 Å². The molecule has 6 nitrogen and oxygen atoms in total. The number of aromatic nitrogens is 1. The Bertz CT molecular complexity index is 518. The number of nitrogens with zero attached hydrogens (tertiary/aromatic N) is 3. The Morgan fingerprint density at radius 3 is 2.58 bits per heavy atom. The van der Waals surface area contributed by atoms with Gasteiger partial charge < -0.3 is 15.2 Å². The molecule has 1 aliphatic carbocycles. The molecule has 1 aromatic heterocycles. The molecule has 2 N–H and O–H groups in total. The van der Waals surface area contributed by atoms with Gasteiger partial charge in [0.2, 0.25) is 5.91 Å². The van der Waals surface area contributed by atoms with Gasteiger partial charge in [-0.2, -0.15) is 0 Å². The first-order chi connectivity index (χ1) is 10.6. The first-order valence-electron chi connectivity index (χ1n) is 8.31. The molecule has 0 bridgehead atoms. The van der Waals surface area contributed by atoms with Crippen LogP contribution in [0.1, 0.15) is 37.1 Å². The van der Waals surface area contributed by atoms with Crippen molar-refractivity contribution in [2.75, 3.05) is 26.2 Å². The monoisotopic (exact) mass is 378 g/mol. The Hall–Kier alpha value is -0.820. The minimum atomic E-state index is 0. The molecule has 24 heavy (non-hydrogen) atoms. The van der Waals surface area contributed by atoms with Crippen LogP contribution in [0.25, 0.3) is 0 Å². The van der Waals surface area contributed by atoms with E-state index in [0.29, 0.717) is 5.91 Å². The third-order valence-electron chi connectivity index (χ3n) is 4.80. The highest BCUT2D eigenvalue weighted by atomic mass is 35.5. The molecule has 0 radical (unpaired) electrons. The van der Waals surface area contributed by atoms with E-state index in [1.807, 2.05) is 17.9 Å². The Labute approximate surface area is 155 Å². The van der Waals surface area contributed by atoms with Gasteiger partial charge in [-0.15, -0.1) is 24.8 Å². The first-order valence-corrected chi connectivity index (χ1v) is 8.31. The Morgan fingerprint density at radius 2 is 2.00 bits per heavy atom. The average molecular weight is 379 g/mol. The minimum absolute atomic E-state index is 0. The zero-order valence-electron chi connectivity index (χ0n) is 14.1. The van der Waals surface area contributed by atoms with Crippen molar-refractivity contribution in [3.63, 3.8) is 0 Å². The maximum absolute atomic E-state index is 12.6. The number of hydrogen-bond donors (Lipinski definition) is 1. The summed E-state index contributed by atoms with van der Waals surface area (Å²) in [5.74, 6) is 1.35. The van der Waals surface area contributed by atoms with Crippen molar-refractivity contribution in [1.29, 1.82) is 0 Å². The van der Waals surface area contributed by atoms with Crippen LogP contribution in [0.2, 0.25) is 0 Å². The molecule has 8 heteroatoms. The number of hydrogen-bond acceptors (Lipinski definition) is 5. The average Bonchev–Trinajstić information content (AvgIpc) is 2.92. The third kappa shape index (κ3) is 5.34. The van der Waals surface area contributed by atoms with E-state index in [0.717, 1.165) is 69.9 Å². The van der Waals surface area contributed by atoms with Crippen molar-refractivity contribution in [3.8, 4) is 0 Å². The second kappa shape index (κ2) is 9.61. The summed E-state index contributed by atoms with van der Waals surface area (Å²) in [5.41, 5.74) is 6.92. The summed E-state index contributed by atoms with van der Waals surface area (Å²) in [6.45, 7) is 6.10. The maximum atomic E-state index is 12.6. The molecule has 1 amide bonds. The zero-order chi connectivity index (χ0) is 15.5. The van der Waals surface area contributed by atoms with Gasteiger partial charge in [-0.25, -0.2) is 0 Å². The quantitative estimate of drug-likeness (QED) is 0.869. The fourth-order valence-corrected chi connectivity index (χ4v) is 3.55. The largest absolute Gasteiger partial charge is 0.360 e. The lowest BCUT2D eigenvalue weighted by atomic mass is 9.85. The van der Waals surface area contributed by atoms with E-state index in [1.165, 1.54) is 0 Å². The molecule has 138 valence electrons. The zero-order valence-corrected chi connectivity index (χ0v) is 15.8. The van der Waals surface area contributed by atoms with Gasteiger partial charge in [0.1, 0.15) is 0 Å². The minimum Gasteiger partial charge on any atom is -0.360 e. The lowest BCUT2D eigenvalue weighted by Crippen LogP contribution is -2.50. The molecular formula is C16H28Cl2N4O2. The highest BCUT2D eigenvalue weighted by Gasteiger charge is 2.30. The van der Waals surface area contributed by atoms with Crippen molar-refractivity contribution in [3.05, 3.63) is 17.5 Å². The number of piperazine rings is 1. The van der Waals surface area contributed by atoms with Crippen LogP contribution in [0.4, 0.5) is 0 Å². The van der Waals surface area contributed by atoms with Crippen LogP contribution >= 0.6 is 24.8 Å². The van der Waals surface area contributed by atoms with E-state index in [9.17, 15) is 4.79 Å². The van der Waals surface area contributed by atoms with Crippen LogP contribution in [-0.4, -0.2) is 53.1 Å². The lowest BCUT2D eigenvalue weighted by Gasteiger charge is -2.37. The molecule has 1 aliphatic heterocycles.